The van der Waals surface area contributed by atoms with Gasteiger partial charge in [-0.3, -0.25) is 4.79 Å². The fourth-order valence-electron chi connectivity index (χ4n) is 4.45. The number of benzene rings is 1. The fourth-order valence-corrected chi connectivity index (χ4v) is 5.74. The fraction of sp³-hybridized carbons (Fsp3) is 0.591. The lowest BCUT2D eigenvalue weighted by atomic mass is 9.95. The van der Waals surface area contributed by atoms with E-state index in [1.807, 2.05) is 4.90 Å². The van der Waals surface area contributed by atoms with Gasteiger partial charge in [0.05, 0.1) is 11.3 Å². The van der Waals surface area contributed by atoms with E-state index in [0.717, 1.165) is 44.9 Å². The van der Waals surface area contributed by atoms with E-state index in [1.165, 1.54) is 19.4 Å². The molecule has 1 aromatic carbocycles. The zero-order valence-corrected chi connectivity index (χ0v) is 18.6. The highest BCUT2D eigenvalue weighted by molar-refractivity contribution is 7.90. The second-order valence-corrected chi connectivity index (χ2v) is 10.1. The van der Waals surface area contributed by atoms with Crippen molar-refractivity contribution in [2.75, 3.05) is 11.4 Å². The monoisotopic (exact) mass is 447 g/mol. The molecule has 2 fully saturated rings. The minimum atomic E-state index is -3.89. The maximum Gasteiger partial charge on any atom is 0.338 e. The Hall–Kier alpha value is -2.42. The highest BCUT2D eigenvalue weighted by atomic mass is 32.2. The normalized spacial score (nSPS) is 21.7. The van der Waals surface area contributed by atoms with Crippen LogP contribution in [0.15, 0.2) is 27.5 Å². The molecule has 1 saturated carbocycles. The standard InChI is InChI=1S/C22H29N3O5S/c1-15(21(26)23-17-8-4-2-5-9-17)30-22(27)16-11-12-18-19(14-16)31(28,29)24-20-10-6-3-7-13-25(18)20/h11-12,14-15,17H,2-10,13H2,1H3,(H,23,26)/t15-/m0/s1. The molecule has 8 nitrogen and oxygen atoms in total. The summed E-state index contributed by atoms with van der Waals surface area (Å²) in [5.41, 5.74) is 0.639. The molecule has 0 spiro atoms. The number of nitrogens with one attached hydrogen (secondary N) is 1. The van der Waals surface area contributed by atoms with Crippen molar-refractivity contribution in [3.63, 3.8) is 0 Å². The minimum Gasteiger partial charge on any atom is -0.449 e. The Labute approximate surface area is 183 Å². The van der Waals surface area contributed by atoms with Crippen LogP contribution in [-0.2, 0) is 19.6 Å². The van der Waals surface area contributed by atoms with Crippen LogP contribution >= 0.6 is 0 Å². The van der Waals surface area contributed by atoms with Gasteiger partial charge in [-0.15, -0.1) is 4.40 Å². The van der Waals surface area contributed by atoms with E-state index in [-0.39, 0.29) is 22.4 Å². The molecule has 0 aromatic heterocycles. The molecule has 1 aromatic rings. The van der Waals surface area contributed by atoms with E-state index >= 15 is 0 Å². The van der Waals surface area contributed by atoms with Crippen LogP contribution in [0.3, 0.4) is 0 Å². The Bertz CT molecular complexity index is 998. The first kappa shape index (κ1) is 21.8. The van der Waals surface area contributed by atoms with Crippen molar-refractivity contribution in [1.29, 1.82) is 0 Å². The Morgan fingerprint density at radius 1 is 1.13 bits per heavy atom. The maximum absolute atomic E-state index is 12.7. The summed E-state index contributed by atoms with van der Waals surface area (Å²) in [5, 5.41) is 2.94. The predicted octanol–water partition coefficient (Wildman–Crippen LogP) is 3.16. The van der Waals surface area contributed by atoms with Gasteiger partial charge < -0.3 is 15.0 Å². The van der Waals surface area contributed by atoms with Crippen molar-refractivity contribution in [2.45, 2.75) is 81.8 Å². The lowest BCUT2D eigenvalue weighted by Crippen LogP contribution is -2.42. The van der Waals surface area contributed by atoms with Crippen molar-refractivity contribution >= 4 is 33.4 Å². The van der Waals surface area contributed by atoms with Crippen LogP contribution in [0.5, 0.6) is 0 Å². The van der Waals surface area contributed by atoms with E-state index in [2.05, 4.69) is 9.71 Å². The summed E-state index contributed by atoms with van der Waals surface area (Å²) < 4.78 is 34.8. The number of hydrogen-bond donors (Lipinski definition) is 1. The summed E-state index contributed by atoms with van der Waals surface area (Å²) in [4.78, 5) is 27.0. The molecule has 2 heterocycles. The second-order valence-electron chi connectivity index (χ2n) is 8.52. The molecule has 0 unspecified atom stereocenters. The predicted molar refractivity (Wildman–Crippen MR) is 117 cm³/mol. The Morgan fingerprint density at radius 3 is 2.65 bits per heavy atom. The van der Waals surface area contributed by atoms with Gasteiger partial charge in [-0.25, -0.2) is 4.79 Å². The number of carbonyl (C=O) groups excluding carboxylic acids is 2. The van der Waals surface area contributed by atoms with Crippen LogP contribution in [0.25, 0.3) is 0 Å². The van der Waals surface area contributed by atoms with Gasteiger partial charge in [-0.1, -0.05) is 25.7 Å². The Balaban J connectivity index is 1.49. The molecule has 1 aliphatic carbocycles. The van der Waals surface area contributed by atoms with Crippen molar-refractivity contribution < 1.29 is 22.7 Å². The number of amides is 1. The van der Waals surface area contributed by atoms with Gasteiger partial charge in [0.2, 0.25) is 0 Å². The summed E-state index contributed by atoms with van der Waals surface area (Å²) >= 11 is 0. The minimum absolute atomic E-state index is 0.00640. The zero-order valence-electron chi connectivity index (χ0n) is 17.8. The van der Waals surface area contributed by atoms with Gasteiger partial charge in [0.1, 0.15) is 10.7 Å². The average Bonchev–Trinajstić information content (AvgIpc) is 2.99. The van der Waals surface area contributed by atoms with Gasteiger partial charge in [0.25, 0.3) is 15.9 Å². The molecule has 0 radical (unpaired) electrons. The van der Waals surface area contributed by atoms with E-state index in [4.69, 9.17) is 4.74 Å². The van der Waals surface area contributed by atoms with Gasteiger partial charge in [0, 0.05) is 19.0 Å². The summed E-state index contributed by atoms with van der Waals surface area (Å²) in [6, 6.07) is 4.62. The van der Waals surface area contributed by atoms with Gasteiger partial charge >= 0.3 is 5.97 Å². The summed E-state index contributed by atoms with van der Waals surface area (Å²) in [6.45, 7) is 2.22. The van der Waals surface area contributed by atoms with Gasteiger partial charge in [0.15, 0.2) is 6.10 Å². The summed E-state index contributed by atoms with van der Waals surface area (Å²) in [6.07, 6.45) is 7.78. The van der Waals surface area contributed by atoms with Crippen molar-refractivity contribution in [1.82, 2.24) is 5.32 Å². The van der Waals surface area contributed by atoms with Gasteiger partial charge in [-0.2, -0.15) is 8.42 Å². The van der Waals surface area contributed by atoms with E-state index in [9.17, 15) is 18.0 Å². The number of ether oxygens (including phenoxy) is 1. The van der Waals surface area contributed by atoms with Crippen LogP contribution in [0.4, 0.5) is 5.69 Å². The first-order valence-corrected chi connectivity index (χ1v) is 12.6. The van der Waals surface area contributed by atoms with E-state index in [0.29, 0.717) is 24.5 Å². The molecular weight excluding hydrogens is 418 g/mol. The molecule has 1 saturated heterocycles. The lowest BCUT2D eigenvalue weighted by molar-refractivity contribution is -0.130. The van der Waals surface area contributed by atoms with Crippen molar-refractivity contribution in [3.8, 4) is 0 Å². The first-order chi connectivity index (χ1) is 14.8. The molecule has 0 bridgehead atoms. The quantitative estimate of drug-likeness (QED) is 0.711. The Kier molecular flexibility index (Phi) is 6.31. The van der Waals surface area contributed by atoms with Crippen LogP contribution in [0.1, 0.15) is 75.1 Å². The second kappa shape index (κ2) is 8.98. The molecule has 1 N–H and O–H groups in total. The lowest BCUT2D eigenvalue weighted by Gasteiger charge is -2.29. The number of fused-ring (bicyclic) bond motifs is 3. The molecule has 168 valence electrons. The molecule has 4 rings (SSSR count). The summed E-state index contributed by atoms with van der Waals surface area (Å²) in [5.74, 6) is -0.493. The van der Waals surface area contributed by atoms with Crippen LogP contribution in [0, 0.1) is 0 Å². The molecule has 1 amide bonds. The molecule has 1 atom stereocenters. The van der Waals surface area contributed by atoms with E-state index < -0.39 is 22.1 Å². The topological polar surface area (TPSA) is 105 Å². The van der Waals surface area contributed by atoms with Crippen LogP contribution in [0.2, 0.25) is 0 Å². The van der Waals surface area contributed by atoms with Crippen molar-refractivity contribution in [2.24, 2.45) is 4.40 Å². The number of esters is 1. The van der Waals surface area contributed by atoms with Crippen LogP contribution < -0.4 is 10.2 Å². The smallest absolute Gasteiger partial charge is 0.338 e. The zero-order chi connectivity index (χ0) is 22.0. The number of sulfonamides is 1. The number of nitrogens with zero attached hydrogens (tertiary/aromatic N) is 2. The number of rotatable bonds is 4. The molecule has 2 aliphatic heterocycles. The molecule has 9 heteroatoms. The van der Waals surface area contributed by atoms with Crippen molar-refractivity contribution in [3.05, 3.63) is 23.8 Å². The largest absolute Gasteiger partial charge is 0.449 e. The number of anilines is 1. The first-order valence-electron chi connectivity index (χ1n) is 11.1. The van der Waals surface area contributed by atoms with Crippen LogP contribution in [-0.4, -0.2) is 44.8 Å². The number of hydrogen-bond acceptors (Lipinski definition) is 6. The molecule has 31 heavy (non-hydrogen) atoms. The van der Waals surface area contributed by atoms with Gasteiger partial charge in [-0.05, 0) is 50.8 Å². The number of carbonyl (C=O) groups is 2. The maximum atomic E-state index is 12.7. The SMILES string of the molecule is C[C@H](OC(=O)c1ccc2c(c1)S(=O)(=O)N=C1CCCCCN12)C(=O)NC1CCCCC1. The average molecular weight is 448 g/mol. The number of amidine groups is 1. The summed E-state index contributed by atoms with van der Waals surface area (Å²) in [7, 11) is -3.89. The highest BCUT2D eigenvalue weighted by Gasteiger charge is 2.32. The third kappa shape index (κ3) is 4.76. The molecule has 3 aliphatic rings. The molecular formula is C22H29N3O5S. The third-order valence-electron chi connectivity index (χ3n) is 6.19. The highest BCUT2D eigenvalue weighted by Crippen LogP contribution is 2.35. The van der Waals surface area contributed by atoms with E-state index in [1.54, 1.807) is 12.1 Å². The third-order valence-corrected chi connectivity index (χ3v) is 7.52. The Morgan fingerprint density at radius 2 is 1.87 bits per heavy atom.